The summed E-state index contributed by atoms with van der Waals surface area (Å²) in [5, 5.41) is 8.58. The molecule has 0 aliphatic rings. The van der Waals surface area contributed by atoms with Crippen LogP contribution in [0.3, 0.4) is 0 Å². The zero-order chi connectivity index (χ0) is 11.1. The highest BCUT2D eigenvalue weighted by molar-refractivity contribution is 9.12. The molecule has 0 aromatic rings. The molecule has 0 unspecified atom stereocenters. The number of nitrogens with zero attached hydrogens (tertiary/aromatic N) is 2. The minimum atomic E-state index is 0.375. The van der Waals surface area contributed by atoms with Crippen molar-refractivity contribution in [2.24, 2.45) is 10.7 Å². The molecule has 0 bridgehead atoms. The Balaban J connectivity index is 4.82. The molecule has 4 nitrogen and oxygen atoms in total. The Morgan fingerprint density at radius 2 is 2.14 bits per heavy atom. The van der Waals surface area contributed by atoms with Crippen LogP contribution in [0.15, 0.2) is 26.9 Å². The number of aliphatic imine (C=N–C) groups is 1. The van der Waals surface area contributed by atoms with E-state index in [1.165, 1.54) is 13.3 Å². The Labute approximate surface area is 91.9 Å². The Bertz CT molecular complexity index is 336. The standard InChI is InChI=1S/C9H12BrN3O/c1-6(4-11)9(12)8(10)5-13-7(2)14-3/h5H,12H2,1-3H3/b8-5+,9-6-,13-7?. The molecule has 0 fully saturated rings. The minimum absolute atomic E-state index is 0.375. The average Bonchev–Trinajstić information content (AvgIpc) is 2.22. The summed E-state index contributed by atoms with van der Waals surface area (Å²) in [6, 6.07) is 1.95. The van der Waals surface area contributed by atoms with Crippen molar-refractivity contribution in [2.45, 2.75) is 13.8 Å². The van der Waals surface area contributed by atoms with Crippen LogP contribution in [0.25, 0.3) is 0 Å². The first-order valence-electron chi connectivity index (χ1n) is 3.83. The predicted molar refractivity (Wildman–Crippen MR) is 59.6 cm³/mol. The van der Waals surface area contributed by atoms with Crippen LogP contribution in [-0.2, 0) is 4.74 Å². The molecular formula is C9H12BrN3O. The number of ether oxygens (including phenoxy) is 1. The first-order valence-corrected chi connectivity index (χ1v) is 4.63. The van der Waals surface area contributed by atoms with Crippen LogP contribution in [0.5, 0.6) is 0 Å². The van der Waals surface area contributed by atoms with E-state index >= 15 is 0 Å². The molecule has 0 rings (SSSR count). The van der Waals surface area contributed by atoms with E-state index in [0.717, 1.165) is 0 Å². The number of methoxy groups -OCH3 is 1. The lowest BCUT2D eigenvalue weighted by Crippen LogP contribution is -2.00. The van der Waals surface area contributed by atoms with Gasteiger partial charge < -0.3 is 10.5 Å². The molecule has 0 radical (unpaired) electrons. The van der Waals surface area contributed by atoms with Crippen molar-refractivity contribution in [3.8, 4) is 6.07 Å². The fourth-order valence-corrected chi connectivity index (χ4v) is 0.909. The molecule has 0 heterocycles. The molecule has 0 aliphatic carbocycles. The van der Waals surface area contributed by atoms with Crippen LogP contribution in [0.2, 0.25) is 0 Å². The quantitative estimate of drug-likeness (QED) is 0.356. The Morgan fingerprint density at radius 1 is 1.57 bits per heavy atom. The molecule has 0 aromatic carbocycles. The topological polar surface area (TPSA) is 71.4 Å². The average molecular weight is 258 g/mol. The van der Waals surface area contributed by atoms with E-state index < -0.39 is 0 Å². The van der Waals surface area contributed by atoms with E-state index in [9.17, 15) is 0 Å². The molecule has 76 valence electrons. The summed E-state index contributed by atoms with van der Waals surface area (Å²) in [4.78, 5) is 3.94. The second-order valence-corrected chi connectivity index (χ2v) is 3.33. The van der Waals surface area contributed by atoms with Gasteiger partial charge in [0.2, 0.25) is 0 Å². The number of nitrogens with two attached hydrogens (primary N) is 1. The van der Waals surface area contributed by atoms with Crippen molar-refractivity contribution in [1.29, 1.82) is 5.26 Å². The van der Waals surface area contributed by atoms with E-state index in [1.54, 1.807) is 13.8 Å². The van der Waals surface area contributed by atoms with E-state index in [2.05, 4.69) is 20.9 Å². The molecule has 0 spiro atoms. The van der Waals surface area contributed by atoms with Crippen LogP contribution in [0.4, 0.5) is 0 Å². The highest BCUT2D eigenvalue weighted by Gasteiger charge is 2.00. The lowest BCUT2D eigenvalue weighted by molar-refractivity contribution is 0.400. The smallest absolute Gasteiger partial charge is 0.184 e. The van der Waals surface area contributed by atoms with Gasteiger partial charge >= 0.3 is 0 Å². The molecule has 0 saturated carbocycles. The number of rotatable bonds is 2. The van der Waals surface area contributed by atoms with Gasteiger partial charge in [0.05, 0.1) is 28.9 Å². The third-order valence-electron chi connectivity index (χ3n) is 1.48. The summed E-state index contributed by atoms with van der Waals surface area (Å²) in [5.74, 6) is 0.518. The summed E-state index contributed by atoms with van der Waals surface area (Å²) >= 11 is 3.21. The molecule has 0 atom stereocenters. The van der Waals surface area contributed by atoms with Gasteiger partial charge in [0, 0.05) is 13.1 Å². The highest BCUT2D eigenvalue weighted by Crippen LogP contribution is 2.15. The van der Waals surface area contributed by atoms with E-state index in [4.69, 9.17) is 15.7 Å². The fraction of sp³-hybridized carbons (Fsp3) is 0.333. The summed E-state index contributed by atoms with van der Waals surface area (Å²) in [6.07, 6.45) is 1.50. The SMILES string of the molecule is COC(C)=N/C=C(Br)\C(N)=C(/C)C#N. The van der Waals surface area contributed by atoms with Gasteiger partial charge in [0.15, 0.2) is 5.90 Å². The molecule has 5 heteroatoms. The van der Waals surface area contributed by atoms with Crippen molar-refractivity contribution in [3.05, 3.63) is 22.0 Å². The van der Waals surface area contributed by atoms with Gasteiger partial charge in [-0.1, -0.05) is 0 Å². The number of nitriles is 1. The monoisotopic (exact) mass is 257 g/mol. The number of allylic oxidation sites excluding steroid dienone is 2. The molecule has 0 aromatic heterocycles. The number of halogens is 1. The number of hydrogen-bond acceptors (Lipinski definition) is 4. The van der Waals surface area contributed by atoms with Crippen molar-refractivity contribution in [3.63, 3.8) is 0 Å². The molecule has 0 amide bonds. The van der Waals surface area contributed by atoms with Crippen molar-refractivity contribution in [2.75, 3.05) is 7.11 Å². The van der Waals surface area contributed by atoms with Gasteiger partial charge in [0.25, 0.3) is 0 Å². The van der Waals surface area contributed by atoms with Crippen molar-refractivity contribution >= 4 is 21.8 Å². The largest absolute Gasteiger partial charge is 0.484 e. The molecule has 0 saturated heterocycles. The normalized spacial score (nSPS) is 14.5. The maximum Gasteiger partial charge on any atom is 0.184 e. The second kappa shape index (κ2) is 6.22. The van der Waals surface area contributed by atoms with Gasteiger partial charge in [-0.3, -0.25) is 0 Å². The van der Waals surface area contributed by atoms with Crippen LogP contribution >= 0.6 is 15.9 Å². The first-order chi connectivity index (χ1) is 6.52. The summed E-state index contributed by atoms with van der Waals surface area (Å²) in [7, 11) is 1.53. The molecule has 0 aliphatic heterocycles. The minimum Gasteiger partial charge on any atom is -0.484 e. The third kappa shape index (κ3) is 4.10. The maximum absolute atomic E-state index is 8.58. The second-order valence-electron chi connectivity index (χ2n) is 2.48. The molecular weight excluding hydrogens is 246 g/mol. The fourth-order valence-electron chi connectivity index (χ4n) is 0.509. The Morgan fingerprint density at radius 3 is 2.57 bits per heavy atom. The van der Waals surface area contributed by atoms with Crippen LogP contribution in [0.1, 0.15) is 13.8 Å². The highest BCUT2D eigenvalue weighted by atomic mass is 79.9. The zero-order valence-corrected chi connectivity index (χ0v) is 9.92. The van der Waals surface area contributed by atoms with E-state index in [0.29, 0.717) is 21.7 Å². The van der Waals surface area contributed by atoms with Crippen molar-refractivity contribution in [1.82, 2.24) is 0 Å². The summed E-state index contributed by atoms with van der Waals surface area (Å²) in [5.41, 5.74) is 6.45. The maximum atomic E-state index is 8.58. The van der Waals surface area contributed by atoms with Crippen molar-refractivity contribution < 1.29 is 4.74 Å². The Kier molecular flexibility index (Phi) is 5.65. The third-order valence-corrected chi connectivity index (χ3v) is 2.12. The summed E-state index contributed by atoms with van der Waals surface area (Å²) in [6.45, 7) is 3.35. The van der Waals surface area contributed by atoms with Crippen LogP contribution in [-0.4, -0.2) is 13.0 Å². The summed E-state index contributed by atoms with van der Waals surface area (Å²) < 4.78 is 5.39. The van der Waals surface area contributed by atoms with Gasteiger partial charge in [-0.15, -0.1) is 0 Å². The first kappa shape index (κ1) is 12.7. The van der Waals surface area contributed by atoms with E-state index in [-0.39, 0.29) is 0 Å². The van der Waals surface area contributed by atoms with Crippen LogP contribution in [0, 0.1) is 11.3 Å². The molecule has 14 heavy (non-hydrogen) atoms. The predicted octanol–water partition coefficient (Wildman–Crippen LogP) is 2.04. The van der Waals surface area contributed by atoms with Gasteiger partial charge in [-0.25, -0.2) is 4.99 Å². The van der Waals surface area contributed by atoms with E-state index in [1.807, 2.05) is 6.07 Å². The van der Waals surface area contributed by atoms with Gasteiger partial charge in [-0.05, 0) is 22.9 Å². The lowest BCUT2D eigenvalue weighted by Gasteiger charge is -1.99. The van der Waals surface area contributed by atoms with Crippen LogP contribution < -0.4 is 5.73 Å². The number of hydrogen-bond donors (Lipinski definition) is 1. The Hall–Kier alpha value is -1.28. The molecule has 2 N–H and O–H groups in total. The van der Waals surface area contributed by atoms with Gasteiger partial charge in [-0.2, -0.15) is 5.26 Å². The zero-order valence-electron chi connectivity index (χ0n) is 8.34. The lowest BCUT2D eigenvalue weighted by atomic mass is 10.2. The van der Waals surface area contributed by atoms with Gasteiger partial charge in [0.1, 0.15) is 0 Å².